The summed E-state index contributed by atoms with van der Waals surface area (Å²) in [6.45, 7) is 7.51. The summed E-state index contributed by atoms with van der Waals surface area (Å²) in [4.78, 5) is 24.2. The molecule has 37 heavy (non-hydrogen) atoms. The van der Waals surface area contributed by atoms with E-state index in [9.17, 15) is 41.0 Å². The molecule has 0 aromatic heterocycles. The molecule has 0 aliphatic carbocycles. The number of rotatable bonds is 6. The maximum Gasteiger partial charge on any atom is 0.494 e. The lowest BCUT2D eigenvalue weighted by Gasteiger charge is -2.32. The Morgan fingerprint density at radius 2 is 1.35 bits per heavy atom. The molecule has 1 saturated heterocycles. The van der Waals surface area contributed by atoms with Crippen LogP contribution in [0.4, 0.5) is 26.3 Å². The highest BCUT2D eigenvalue weighted by Crippen LogP contribution is 2.37. The lowest BCUT2D eigenvalue weighted by molar-refractivity contribution is -0.143. The van der Waals surface area contributed by atoms with Crippen molar-refractivity contribution in [3.8, 4) is 0 Å². The molecular formula is C24H24BF6NO5. The van der Waals surface area contributed by atoms with Crippen LogP contribution in [0.3, 0.4) is 0 Å². The van der Waals surface area contributed by atoms with Crippen molar-refractivity contribution in [3.63, 3.8) is 0 Å². The zero-order valence-electron chi connectivity index (χ0n) is 20.3. The number of benzene rings is 2. The van der Waals surface area contributed by atoms with Crippen molar-refractivity contribution < 1.29 is 50.3 Å². The van der Waals surface area contributed by atoms with Crippen molar-refractivity contribution in [2.24, 2.45) is 0 Å². The molecule has 2 aromatic rings. The fourth-order valence-corrected chi connectivity index (χ4v) is 3.55. The number of alkyl halides is 6. The number of hydrogen-bond acceptors (Lipinski definition) is 4. The van der Waals surface area contributed by atoms with Gasteiger partial charge in [0.2, 0.25) is 0 Å². The van der Waals surface area contributed by atoms with Gasteiger partial charge in [-0.2, -0.15) is 26.3 Å². The van der Waals surface area contributed by atoms with Gasteiger partial charge in [0.1, 0.15) is 6.04 Å². The van der Waals surface area contributed by atoms with E-state index >= 15 is 0 Å². The third kappa shape index (κ3) is 6.45. The van der Waals surface area contributed by atoms with Gasteiger partial charge >= 0.3 is 25.4 Å². The Balaban J connectivity index is 1.78. The minimum Gasteiger partial charge on any atom is -0.480 e. The van der Waals surface area contributed by atoms with Crippen molar-refractivity contribution in [1.82, 2.24) is 5.32 Å². The van der Waals surface area contributed by atoms with E-state index in [2.05, 4.69) is 0 Å². The predicted octanol–water partition coefficient (Wildman–Crippen LogP) is 4.45. The minimum atomic E-state index is -5.15. The molecule has 1 aliphatic rings. The Labute approximate surface area is 209 Å². The van der Waals surface area contributed by atoms with Crippen LogP contribution in [-0.4, -0.2) is 41.3 Å². The molecule has 1 fully saturated rings. The van der Waals surface area contributed by atoms with Crippen molar-refractivity contribution in [2.75, 3.05) is 0 Å². The minimum absolute atomic E-state index is 0.118. The number of nitrogens with one attached hydrogen (secondary N) is 1. The third-order valence-electron chi connectivity index (χ3n) is 6.40. The lowest BCUT2D eigenvalue weighted by atomic mass is 9.78. The summed E-state index contributed by atoms with van der Waals surface area (Å²) in [7, 11) is -0.669. The number of carboxylic acid groups (broad SMARTS) is 1. The van der Waals surface area contributed by atoms with Crippen molar-refractivity contribution in [1.29, 1.82) is 0 Å². The average molecular weight is 531 g/mol. The molecule has 1 aliphatic heterocycles. The zero-order valence-corrected chi connectivity index (χ0v) is 20.3. The van der Waals surface area contributed by atoms with Crippen LogP contribution in [0.2, 0.25) is 0 Å². The predicted molar refractivity (Wildman–Crippen MR) is 121 cm³/mol. The maximum absolute atomic E-state index is 13.1. The van der Waals surface area contributed by atoms with Crippen LogP contribution < -0.4 is 10.8 Å². The summed E-state index contributed by atoms with van der Waals surface area (Å²) in [6.07, 6.45) is -10.6. The molecule has 6 nitrogen and oxygen atoms in total. The molecule has 3 rings (SSSR count). The first-order chi connectivity index (χ1) is 16.8. The van der Waals surface area contributed by atoms with E-state index in [0.29, 0.717) is 11.0 Å². The monoisotopic (exact) mass is 531 g/mol. The number of carboxylic acids is 1. The SMILES string of the molecule is CC1(C)OB(c2ccc(C[C@@H](NC(=O)c3cc(C(F)(F)F)cc(C(F)(F)F)c3)C(=O)O)cc2)OC1(C)C. The molecule has 0 radical (unpaired) electrons. The van der Waals surface area contributed by atoms with Crippen LogP contribution in [0.5, 0.6) is 0 Å². The first-order valence-electron chi connectivity index (χ1n) is 11.1. The van der Waals surface area contributed by atoms with Crippen LogP contribution in [0.15, 0.2) is 42.5 Å². The molecule has 1 atom stereocenters. The highest BCUT2D eigenvalue weighted by molar-refractivity contribution is 6.62. The van der Waals surface area contributed by atoms with Crippen LogP contribution >= 0.6 is 0 Å². The normalized spacial score (nSPS) is 17.9. The second-order valence-electron chi connectivity index (χ2n) is 9.69. The molecular weight excluding hydrogens is 507 g/mol. The maximum atomic E-state index is 13.1. The quantitative estimate of drug-likeness (QED) is 0.425. The lowest BCUT2D eigenvalue weighted by Crippen LogP contribution is -2.42. The molecule has 1 amide bonds. The number of halogens is 6. The summed E-state index contributed by atoms with van der Waals surface area (Å²) >= 11 is 0. The van der Waals surface area contributed by atoms with Crippen molar-refractivity contribution >= 4 is 24.5 Å². The van der Waals surface area contributed by atoms with Gasteiger partial charge in [-0.3, -0.25) is 4.79 Å². The van der Waals surface area contributed by atoms with E-state index in [-0.39, 0.29) is 24.6 Å². The Morgan fingerprint density at radius 3 is 1.76 bits per heavy atom. The van der Waals surface area contributed by atoms with E-state index in [0.717, 1.165) is 0 Å². The standard InChI is InChI=1S/C24H24BF6NO5/c1-21(2)22(3,4)37-25(36-21)17-7-5-13(6-8-17)9-18(20(34)35)32-19(33)14-10-15(23(26,27)28)12-16(11-14)24(29,30)31/h5-8,10-12,18H,9H2,1-4H3,(H,32,33)(H,34,35)/t18-/m1/s1. The van der Waals surface area contributed by atoms with Gasteiger partial charge in [0, 0.05) is 12.0 Å². The van der Waals surface area contributed by atoms with Gasteiger partial charge in [-0.15, -0.1) is 0 Å². The van der Waals surface area contributed by atoms with Gasteiger partial charge in [0.05, 0.1) is 22.3 Å². The van der Waals surface area contributed by atoms with Gasteiger partial charge in [-0.25, -0.2) is 4.79 Å². The number of carbonyl (C=O) groups excluding carboxylic acids is 1. The Morgan fingerprint density at radius 1 is 0.892 bits per heavy atom. The van der Waals surface area contributed by atoms with E-state index in [1.54, 1.807) is 24.3 Å². The molecule has 13 heteroatoms. The van der Waals surface area contributed by atoms with Gasteiger partial charge in [0.25, 0.3) is 5.91 Å². The molecule has 2 aromatic carbocycles. The van der Waals surface area contributed by atoms with Crippen molar-refractivity contribution in [2.45, 2.75) is 63.7 Å². The first kappa shape index (κ1) is 28.5. The number of hydrogen-bond donors (Lipinski definition) is 2. The Hall–Kier alpha value is -3.06. The van der Waals surface area contributed by atoms with E-state index < -0.39 is 65.3 Å². The summed E-state index contributed by atoms with van der Waals surface area (Å²) < 4.78 is 90.5. The summed E-state index contributed by atoms with van der Waals surface area (Å²) in [5.74, 6) is -2.91. The summed E-state index contributed by atoms with van der Waals surface area (Å²) in [5.41, 5.74) is -4.40. The molecule has 2 N–H and O–H groups in total. The largest absolute Gasteiger partial charge is 0.494 e. The average Bonchev–Trinajstić information content (AvgIpc) is 2.99. The highest BCUT2D eigenvalue weighted by Gasteiger charge is 2.51. The van der Waals surface area contributed by atoms with Crippen LogP contribution in [0, 0.1) is 0 Å². The van der Waals surface area contributed by atoms with Crippen LogP contribution in [0.1, 0.15) is 54.7 Å². The molecule has 1 heterocycles. The Kier molecular flexibility index (Phi) is 7.46. The molecule has 0 unspecified atom stereocenters. The zero-order chi connectivity index (χ0) is 28.0. The van der Waals surface area contributed by atoms with Gasteiger partial charge in [0.15, 0.2) is 0 Å². The van der Waals surface area contributed by atoms with E-state index in [4.69, 9.17) is 9.31 Å². The highest BCUT2D eigenvalue weighted by atomic mass is 19.4. The van der Waals surface area contributed by atoms with Gasteiger partial charge in [-0.1, -0.05) is 24.3 Å². The summed E-state index contributed by atoms with van der Waals surface area (Å²) in [6, 6.07) is 5.14. The second kappa shape index (κ2) is 9.68. The first-order valence-corrected chi connectivity index (χ1v) is 11.1. The Bertz CT molecular complexity index is 1130. The number of aliphatic carboxylic acids is 1. The third-order valence-corrected chi connectivity index (χ3v) is 6.40. The van der Waals surface area contributed by atoms with E-state index in [1.165, 1.54) is 0 Å². The second-order valence-corrected chi connectivity index (χ2v) is 9.69. The van der Waals surface area contributed by atoms with Crippen molar-refractivity contribution in [3.05, 3.63) is 64.7 Å². The smallest absolute Gasteiger partial charge is 0.480 e. The number of amides is 1. The van der Waals surface area contributed by atoms with Crippen LogP contribution in [-0.2, 0) is 32.9 Å². The van der Waals surface area contributed by atoms with Crippen LogP contribution in [0.25, 0.3) is 0 Å². The number of carbonyl (C=O) groups is 2. The topological polar surface area (TPSA) is 84.9 Å². The fourth-order valence-electron chi connectivity index (χ4n) is 3.55. The van der Waals surface area contributed by atoms with E-state index in [1.807, 2.05) is 33.0 Å². The molecule has 0 spiro atoms. The van der Waals surface area contributed by atoms with Gasteiger partial charge < -0.3 is 19.7 Å². The molecule has 0 bridgehead atoms. The van der Waals surface area contributed by atoms with Gasteiger partial charge in [-0.05, 0) is 56.9 Å². The summed E-state index contributed by atoms with van der Waals surface area (Å²) in [5, 5.41) is 11.5. The molecule has 200 valence electrons. The molecule has 0 saturated carbocycles. The fraction of sp³-hybridized carbons (Fsp3) is 0.417.